The summed E-state index contributed by atoms with van der Waals surface area (Å²) >= 11 is 0. The summed E-state index contributed by atoms with van der Waals surface area (Å²) in [4.78, 5) is 21.4. The van der Waals surface area contributed by atoms with Crippen LogP contribution in [0.2, 0.25) is 0 Å². The second-order valence-corrected chi connectivity index (χ2v) is 2.62. The van der Waals surface area contributed by atoms with Gasteiger partial charge in [-0.1, -0.05) is 0 Å². The second-order valence-electron chi connectivity index (χ2n) is 2.62. The summed E-state index contributed by atoms with van der Waals surface area (Å²) in [7, 11) is 0. The van der Waals surface area contributed by atoms with E-state index in [4.69, 9.17) is 0 Å². The summed E-state index contributed by atoms with van der Waals surface area (Å²) in [6, 6.07) is 0. The molecule has 1 heterocycles. The molecule has 0 spiro atoms. The Kier molecular flexibility index (Phi) is 1.08. The van der Waals surface area contributed by atoms with Gasteiger partial charge in [0.05, 0.1) is 0 Å². The van der Waals surface area contributed by atoms with E-state index in [1.54, 1.807) is 13.8 Å². The maximum absolute atomic E-state index is 10.8. The average Bonchev–Trinajstić information content (AvgIpc) is 1.96. The number of ether oxygens (including phenoxy) is 1. The summed E-state index contributed by atoms with van der Waals surface area (Å²) in [5.74, 6) is -0.542. The third kappa shape index (κ3) is 0.724. The second kappa shape index (κ2) is 1.56. The molecule has 0 N–H and O–H groups in total. The van der Waals surface area contributed by atoms with Gasteiger partial charge in [-0.3, -0.25) is 9.59 Å². The number of hydrogen-bond acceptors (Lipinski definition) is 3. The number of cyclic esters (lactones) is 1. The molecule has 0 radical (unpaired) electrons. The first-order chi connectivity index (χ1) is 4.05. The van der Waals surface area contributed by atoms with Crippen molar-refractivity contribution in [1.82, 2.24) is 0 Å². The number of hydrogen-bond donors (Lipinski definition) is 0. The fraction of sp³-hybridized carbons (Fsp3) is 0.667. The van der Waals surface area contributed by atoms with Gasteiger partial charge in [-0.2, -0.15) is 0 Å². The normalized spacial score (nSPS) is 24.2. The summed E-state index contributed by atoms with van der Waals surface area (Å²) in [5.41, 5.74) is -0.889. The van der Waals surface area contributed by atoms with Crippen LogP contribution in [-0.2, 0) is 14.3 Å². The molecule has 0 saturated carbocycles. The molecule has 3 heteroatoms. The Morgan fingerprint density at radius 3 is 2.11 bits per heavy atom. The minimum atomic E-state index is -0.889. The molecule has 1 aliphatic rings. The van der Waals surface area contributed by atoms with Crippen LogP contribution in [0.1, 0.15) is 13.8 Å². The fourth-order valence-corrected chi connectivity index (χ4v) is 0.606. The molecule has 0 aromatic heterocycles. The van der Waals surface area contributed by atoms with Gasteiger partial charge in [0.15, 0.2) is 12.4 Å². The predicted molar refractivity (Wildman–Crippen MR) is 29.7 cm³/mol. The van der Waals surface area contributed by atoms with Crippen LogP contribution in [0.25, 0.3) is 0 Å². The molecule has 0 bridgehead atoms. The lowest BCUT2D eigenvalue weighted by Crippen LogP contribution is -2.25. The first-order valence-corrected chi connectivity index (χ1v) is 2.75. The number of esters is 1. The van der Waals surface area contributed by atoms with E-state index < -0.39 is 11.4 Å². The van der Waals surface area contributed by atoms with Crippen molar-refractivity contribution in [1.29, 1.82) is 0 Å². The SMILES string of the molecule is CC1(C)C(=O)COC1=O. The van der Waals surface area contributed by atoms with Crippen LogP contribution < -0.4 is 0 Å². The monoisotopic (exact) mass is 128 g/mol. The van der Waals surface area contributed by atoms with Gasteiger partial charge in [-0.05, 0) is 13.8 Å². The van der Waals surface area contributed by atoms with Crippen LogP contribution in [0.3, 0.4) is 0 Å². The van der Waals surface area contributed by atoms with Gasteiger partial charge in [0.1, 0.15) is 5.41 Å². The van der Waals surface area contributed by atoms with E-state index >= 15 is 0 Å². The van der Waals surface area contributed by atoms with Crippen LogP contribution in [0.15, 0.2) is 0 Å². The highest BCUT2D eigenvalue weighted by molar-refractivity contribution is 6.08. The summed E-state index contributed by atoms with van der Waals surface area (Å²) < 4.78 is 4.49. The summed E-state index contributed by atoms with van der Waals surface area (Å²) in [6.07, 6.45) is 0. The van der Waals surface area contributed by atoms with Gasteiger partial charge in [-0.15, -0.1) is 0 Å². The van der Waals surface area contributed by atoms with Crippen molar-refractivity contribution in [3.05, 3.63) is 0 Å². The Hall–Kier alpha value is -0.860. The van der Waals surface area contributed by atoms with Gasteiger partial charge in [0.2, 0.25) is 0 Å². The van der Waals surface area contributed by atoms with Gasteiger partial charge in [0.25, 0.3) is 0 Å². The molecule has 9 heavy (non-hydrogen) atoms. The summed E-state index contributed by atoms with van der Waals surface area (Å²) in [6.45, 7) is 3.10. The van der Waals surface area contributed by atoms with Gasteiger partial charge in [-0.25, -0.2) is 0 Å². The molecule has 0 atom stereocenters. The van der Waals surface area contributed by atoms with Crippen molar-refractivity contribution >= 4 is 11.8 Å². The van der Waals surface area contributed by atoms with E-state index in [-0.39, 0.29) is 12.4 Å². The molecule has 0 aliphatic carbocycles. The topological polar surface area (TPSA) is 43.4 Å². The van der Waals surface area contributed by atoms with Gasteiger partial charge < -0.3 is 4.74 Å². The molecule has 0 unspecified atom stereocenters. The van der Waals surface area contributed by atoms with Crippen molar-refractivity contribution in [3.8, 4) is 0 Å². The standard InChI is InChI=1S/C6H8O3/c1-6(2)4(7)3-9-5(6)8/h3H2,1-2H3. The van der Waals surface area contributed by atoms with Gasteiger partial charge >= 0.3 is 5.97 Å². The van der Waals surface area contributed by atoms with E-state index in [9.17, 15) is 9.59 Å². The van der Waals surface area contributed by atoms with E-state index in [0.717, 1.165) is 0 Å². The Balaban J connectivity index is 2.91. The number of rotatable bonds is 0. The zero-order valence-corrected chi connectivity index (χ0v) is 5.43. The highest BCUT2D eigenvalue weighted by Crippen LogP contribution is 2.24. The molecule has 3 nitrogen and oxygen atoms in total. The first-order valence-electron chi connectivity index (χ1n) is 2.75. The first kappa shape index (κ1) is 6.26. The van der Waals surface area contributed by atoms with Crippen LogP contribution in [0, 0.1) is 5.41 Å². The fourth-order valence-electron chi connectivity index (χ4n) is 0.606. The zero-order chi connectivity index (χ0) is 7.07. The van der Waals surface area contributed by atoms with Crippen LogP contribution in [-0.4, -0.2) is 18.4 Å². The maximum atomic E-state index is 10.8. The minimum absolute atomic E-state index is 0.0498. The Bertz CT molecular complexity index is 151. The third-order valence-electron chi connectivity index (χ3n) is 1.54. The van der Waals surface area contributed by atoms with Crippen LogP contribution >= 0.6 is 0 Å². The van der Waals surface area contributed by atoms with Crippen molar-refractivity contribution in [3.63, 3.8) is 0 Å². The highest BCUT2D eigenvalue weighted by atomic mass is 16.5. The number of ketones is 1. The maximum Gasteiger partial charge on any atom is 0.319 e. The number of carbonyl (C=O) groups is 2. The predicted octanol–water partition coefficient (Wildman–Crippen LogP) is 0.139. The van der Waals surface area contributed by atoms with E-state index in [2.05, 4.69) is 4.74 Å². The zero-order valence-electron chi connectivity index (χ0n) is 5.43. The molecule has 0 aromatic rings. The summed E-state index contributed by atoms with van der Waals surface area (Å²) in [5, 5.41) is 0. The molecular formula is C6H8O3. The molecule has 0 amide bonds. The van der Waals surface area contributed by atoms with Crippen LogP contribution in [0.5, 0.6) is 0 Å². The minimum Gasteiger partial charge on any atom is -0.457 e. The lowest BCUT2D eigenvalue weighted by atomic mass is 9.91. The largest absolute Gasteiger partial charge is 0.457 e. The van der Waals surface area contributed by atoms with Crippen LogP contribution in [0.4, 0.5) is 0 Å². The van der Waals surface area contributed by atoms with Crippen molar-refractivity contribution in [2.45, 2.75) is 13.8 Å². The lowest BCUT2D eigenvalue weighted by Gasteiger charge is -2.06. The Labute approximate surface area is 53.0 Å². The molecular weight excluding hydrogens is 120 g/mol. The van der Waals surface area contributed by atoms with Crippen molar-refractivity contribution in [2.24, 2.45) is 5.41 Å². The Morgan fingerprint density at radius 1 is 1.44 bits per heavy atom. The van der Waals surface area contributed by atoms with Crippen molar-refractivity contribution < 1.29 is 14.3 Å². The quantitative estimate of drug-likeness (QED) is 0.344. The molecule has 1 rings (SSSR count). The Morgan fingerprint density at radius 2 is 2.00 bits per heavy atom. The average molecular weight is 128 g/mol. The van der Waals surface area contributed by atoms with E-state index in [1.165, 1.54) is 0 Å². The lowest BCUT2D eigenvalue weighted by molar-refractivity contribution is -0.145. The molecule has 0 aromatic carbocycles. The van der Waals surface area contributed by atoms with Gasteiger partial charge in [0, 0.05) is 0 Å². The molecule has 50 valence electrons. The van der Waals surface area contributed by atoms with Crippen molar-refractivity contribution in [2.75, 3.05) is 6.61 Å². The number of Topliss-reactive ketones (excluding diaryl/α,β-unsaturated/α-hetero) is 1. The highest BCUT2D eigenvalue weighted by Gasteiger charge is 2.43. The molecule has 1 aliphatic heterocycles. The molecule has 1 saturated heterocycles. The number of carbonyl (C=O) groups excluding carboxylic acids is 2. The van der Waals surface area contributed by atoms with E-state index in [0.29, 0.717) is 0 Å². The third-order valence-corrected chi connectivity index (χ3v) is 1.54. The van der Waals surface area contributed by atoms with E-state index in [1.807, 2.05) is 0 Å². The molecule has 1 fully saturated rings. The smallest absolute Gasteiger partial charge is 0.319 e.